The zero-order chi connectivity index (χ0) is 22.3. The van der Waals surface area contributed by atoms with Crippen LogP contribution < -0.4 is 10.6 Å². The molecule has 1 heterocycles. The summed E-state index contributed by atoms with van der Waals surface area (Å²) >= 11 is 0. The number of nitrogens with one attached hydrogen (secondary N) is 2. The summed E-state index contributed by atoms with van der Waals surface area (Å²) in [7, 11) is 0. The van der Waals surface area contributed by atoms with E-state index in [4.69, 9.17) is 0 Å². The highest BCUT2D eigenvalue weighted by molar-refractivity contribution is 5.88. The van der Waals surface area contributed by atoms with Gasteiger partial charge in [-0.05, 0) is 24.8 Å². The molecule has 2 N–H and O–H groups in total. The summed E-state index contributed by atoms with van der Waals surface area (Å²) in [5, 5.41) is 5.60. The van der Waals surface area contributed by atoms with E-state index in [1.807, 2.05) is 20.8 Å². The minimum atomic E-state index is -0.982. The average molecular weight is 424 g/mol. The number of benzene rings is 1. The van der Waals surface area contributed by atoms with Gasteiger partial charge < -0.3 is 15.5 Å². The maximum absolute atomic E-state index is 14.0. The van der Waals surface area contributed by atoms with Gasteiger partial charge in [0, 0.05) is 37.5 Å². The number of likely N-dealkylation sites (tertiary alicyclic amines) is 1. The summed E-state index contributed by atoms with van der Waals surface area (Å²) in [5.41, 5.74) is 0.0750. The molecule has 1 aromatic rings. The molecule has 6 nitrogen and oxygen atoms in total. The van der Waals surface area contributed by atoms with Gasteiger partial charge in [0.1, 0.15) is 6.04 Å². The molecule has 0 bridgehead atoms. The molecule has 1 saturated heterocycles. The average Bonchev–Trinajstić information content (AvgIpc) is 3.02. The minimum absolute atomic E-state index is 0.00807. The molecule has 0 saturated carbocycles. The summed E-state index contributed by atoms with van der Waals surface area (Å²) in [4.78, 5) is 38.7. The Morgan fingerprint density at radius 1 is 1.27 bits per heavy atom. The normalized spacial score (nSPS) is 17.3. The van der Waals surface area contributed by atoms with E-state index < -0.39 is 23.7 Å². The first kappa shape index (κ1) is 23.8. The Bertz CT molecular complexity index is 770. The number of halogens is 2. The zero-order valence-corrected chi connectivity index (χ0v) is 17.8. The van der Waals surface area contributed by atoms with E-state index in [-0.39, 0.29) is 48.6 Å². The largest absolute Gasteiger partial charge is 0.354 e. The molecule has 2 unspecified atom stereocenters. The van der Waals surface area contributed by atoms with E-state index in [0.29, 0.717) is 13.0 Å². The third-order valence-corrected chi connectivity index (χ3v) is 5.34. The predicted octanol–water partition coefficient (Wildman–Crippen LogP) is 2.90. The van der Waals surface area contributed by atoms with Crippen molar-refractivity contribution in [1.29, 1.82) is 0 Å². The van der Waals surface area contributed by atoms with Gasteiger partial charge in [-0.1, -0.05) is 39.3 Å². The van der Waals surface area contributed by atoms with E-state index in [9.17, 15) is 23.2 Å². The highest BCUT2D eigenvalue weighted by atomic mass is 19.2. The van der Waals surface area contributed by atoms with Crippen LogP contribution >= 0.6 is 0 Å². The Balaban J connectivity index is 2.00. The zero-order valence-electron chi connectivity index (χ0n) is 17.8. The lowest BCUT2D eigenvalue weighted by atomic mass is 10.0. The second kappa shape index (κ2) is 11.0. The lowest BCUT2D eigenvalue weighted by Gasteiger charge is -2.27. The van der Waals surface area contributed by atoms with Crippen molar-refractivity contribution in [1.82, 2.24) is 15.5 Å². The number of nitrogens with zero attached hydrogens (tertiary/aromatic N) is 1. The molecule has 0 spiro atoms. The first-order valence-corrected chi connectivity index (χ1v) is 10.5. The molecule has 1 aromatic carbocycles. The first-order chi connectivity index (χ1) is 14.2. The summed E-state index contributed by atoms with van der Waals surface area (Å²) < 4.78 is 27.5. The maximum atomic E-state index is 14.0. The SMILES string of the molecule is CCCCNC(=O)C(NC(=O)CC1CCC(=O)N1Cc1cccc(F)c1F)C(C)C. The van der Waals surface area contributed by atoms with Gasteiger partial charge in [-0.15, -0.1) is 0 Å². The smallest absolute Gasteiger partial charge is 0.242 e. The Hall–Kier alpha value is -2.51. The van der Waals surface area contributed by atoms with Crippen molar-refractivity contribution in [3.63, 3.8) is 0 Å². The van der Waals surface area contributed by atoms with Gasteiger partial charge in [0.05, 0.1) is 0 Å². The molecule has 3 amide bonds. The monoisotopic (exact) mass is 423 g/mol. The van der Waals surface area contributed by atoms with Crippen LogP contribution in [0.4, 0.5) is 8.78 Å². The van der Waals surface area contributed by atoms with Crippen molar-refractivity contribution in [2.75, 3.05) is 6.54 Å². The van der Waals surface area contributed by atoms with Gasteiger partial charge in [-0.25, -0.2) is 8.78 Å². The van der Waals surface area contributed by atoms with Gasteiger partial charge in [-0.2, -0.15) is 0 Å². The van der Waals surface area contributed by atoms with Gasteiger partial charge >= 0.3 is 0 Å². The number of amides is 3. The lowest BCUT2D eigenvalue weighted by molar-refractivity contribution is -0.132. The van der Waals surface area contributed by atoms with Crippen LogP contribution in [-0.4, -0.2) is 41.2 Å². The van der Waals surface area contributed by atoms with E-state index >= 15 is 0 Å². The van der Waals surface area contributed by atoms with Crippen molar-refractivity contribution >= 4 is 17.7 Å². The highest BCUT2D eigenvalue weighted by Gasteiger charge is 2.34. The summed E-state index contributed by atoms with van der Waals surface area (Å²) in [6, 6.07) is 2.75. The van der Waals surface area contributed by atoms with Crippen LogP contribution in [0.5, 0.6) is 0 Å². The van der Waals surface area contributed by atoms with Crippen LogP contribution in [-0.2, 0) is 20.9 Å². The van der Waals surface area contributed by atoms with E-state index in [1.54, 1.807) is 0 Å². The van der Waals surface area contributed by atoms with Gasteiger partial charge in [-0.3, -0.25) is 14.4 Å². The lowest BCUT2D eigenvalue weighted by Crippen LogP contribution is -2.50. The van der Waals surface area contributed by atoms with Crippen LogP contribution in [0, 0.1) is 17.6 Å². The quantitative estimate of drug-likeness (QED) is 0.568. The van der Waals surface area contributed by atoms with Crippen LogP contribution in [0.2, 0.25) is 0 Å². The number of rotatable bonds is 10. The molecule has 2 atom stereocenters. The fourth-order valence-electron chi connectivity index (χ4n) is 3.56. The molecular formula is C22H31F2N3O3. The second-order valence-electron chi connectivity index (χ2n) is 8.06. The fraction of sp³-hybridized carbons (Fsp3) is 0.591. The van der Waals surface area contributed by atoms with Crippen LogP contribution in [0.3, 0.4) is 0 Å². The molecule has 0 radical (unpaired) electrons. The molecule has 1 aliphatic rings. The first-order valence-electron chi connectivity index (χ1n) is 10.5. The predicted molar refractivity (Wildman–Crippen MR) is 109 cm³/mol. The van der Waals surface area contributed by atoms with E-state index in [1.165, 1.54) is 17.0 Å². The Morgan fingerprint density at radius 2 is 2.00 bits per heavy atom. The van der Waals surface area contributed by atoms with Crippen molar-refractivity contribution in [3.05, 3.63) is 35.4 Å². The van der Waals surface area contributed by atoms with E-state index in [0.717, 1.165) is 18.9 Å². The third kappa shape index (κ3) is 6.24. The van der Waals surface area contributed by atoms with Crippen LogP contribution in [0.25, 0.3) is 0 Å². The number of hydrogen-bond donors (Lipinski definition) is 2. The van der Waals surface area contributed by atoms with Crippen LogP contribution in [0.15, 0.2) is 18.2 Å². The Morgan fingerprint density at radius 3 is 2.67 bits per heavy atom. The third-order valence-electron chi connectivity index (χ3n) is 5.34. The Labute approximate surface area is 176 Å². The topological polar surface area (TPSA) is 78.5 Å². The molecule has 0 aromatic heterocycles. The number of unbranched alkanes of at least 4 members (excludes halogenated alkanes) is 1. The second-order valence-corrected chi connectivity index (χ2v) is 8.06. The van der Waals surface area contributed by atoms with Gasteiger partial charge in [0.2, 0.25) is 17.7 Å². The molecule has 30 heavy (non-hydrogen) atoms. The fourth-order valence-corrected chi connectivity index (χ4v) is 3.56. The highest BCUT2D eigenvalue weighted by Crippen LogP contribution is 2.25. The standard InChI is InChI=1S/C22H31F2N3O3/c1-4-5-11-25-22(30)21(14(2)3)26-18(28)12-16-9-10-19(29)27(16)13-15-7-6-8-17(23)20(15)24/h6-8,14,16,21H,4-5,9-13H2,1-3H3,(H,25,30)(H,26,28). The van der Waals surface area contributed by atoms with Crippen molar-refractivity contribution in [3.8, 4) is 0 Å². The minimum Gasteiger partial charge on any atom is -0.354 e. The Kier molecular flexibility index (Phi) is 8.74. The van der Waals surface area contributed by atoms with Crippen molar-refractivity contribution < 1.29 is 23.2 Å². The number of hydrogen-bond acceptors (Lipinski definition) is 3. The van der Waals surface area contributed by atoms with Crippen molar-refractivity contribution in [2.24, 2.45) is 5.92 Å². The van der Waals surface area contributed by atoms with Crippen LogP contribution in [0.1, 0.15) is 58.4 Å². The molecule has 0 aliphatic carbocycles. The molecular weight excluding hydrogens is 392 g/mol. The van der Waals surface area contributed by atoms with Gasteiger partial charge in [0.15, 0.2) is 11.6 Å². The van der Waals surface area contributed by atoms with Crippen molar-refractivity contribution in [2.45, 2.75) is 71.5 Å². The molecule has 2 rings (SSSR count). The summed E-state index contributed by atoms with van der Waals surface area (Å²) in [6.45, 7) is 6.19. The molecule has 1 aliphatic heterocycles. The molecule has 1 fully saturated rings. The maximum Gasteiger partial charge on any atom is 0.242 e. The molecule has 8 heteroatoms. The number of carbonyl (C=O) groups excluding carboxylic acids is 3. The van der Waals surface area contributed by atoms with E-state index in [2.05, 4.69) is 10.6 Å². The van der Waals surface area contributed by atoms with Gasteiger partial charge in [0.25, 0.3) is 0 Å². The molecule has 166 valence electrons. The summed E-state index contributed by atoms with van der Waals surface area (Å²) in [6.07, 6.45) is 2.53. The summed E-state index contributed by atoms with van der Waals surface area (Å²) in [5.74, 6) is -2.82. The number of carbonyl (C=O) groups is 3.